The largest absolute Gasteiger partial charge is 0.483 e. The molecule has 0 fully saturated rings. The van der Waals surface area contributed by atoms with Crippen LogP contribution in [0.2, 0.25) is 0 Å². The maximum Gasteiger partial charge on any atom is 0.344 e. The molecule has 0 saturated heterocycles. The van der Waals surface area contributed by atoms with Crippen molar-refractivity contribution in [2.75, 3.05) is 19.8 Å². The van der Waals surface area contributed by atoms with Gasteiger partial charge in [0.25, 0.3) is 5.91 Å². The van der Waals surface area contributed by atoms with Gasteiger partial charge in [0.15, 0.2) is 13.2 Å². The molecule has 148 valence electrons. The van der Waals surface area contributed by atoms with E-state index in [1.54, 1.807) is 31.2 Å². The van der Waals surface area contributed by atoms with Crippen LogP contribution in [-0.2, 0) is 14.3 Å². The van der Waals surface area contributed by atoms with E-state index in [1.807, 2.05) is 32.0 Å². The van der Waals surface area contributed by atoms with Crippen molar-refractivity contribution in [2.45, 2.75) is 20.8 Å². The summed E-state index contributed by atoms with van der Waals surface area (Å²) in [7, 11) is 0. The van der Waals surface area contributed by atoms with E-state index in [4.69, 9.17) is 14.2 Å². The van der Waals surface area contributed by atoms with Gasteiger partial charge in [-0.25, -0.2) is 10.2 Å². The molecule has 0 atom stereocenters. The van der Waals surface area contributed by atoms with E-state index in [0.29, 0.717) is 18.1 Å². The highest BCUT2D eigenvalue weighted by Crippen LogP contribution is 2.21. The van der Waals surface area contributed by atoms with Crippen molar-refractivity contribution in [3.8, 4) is 11.5 Å². The minimum atomic E-state index is -0.418. The van der Waals surface area contributed by atoms with Crippen LogP contribution in [0.3, 0.4) is 0 Å². The minimum Gasteiger partial charge on any atom is -0.483 e. The highest BCUT2D eigenvalue weighted by Gasteiger charge is 2.06. The third-order valence-corrected chi connectivity index (χ3v) is 3.70. The molecular formula is C21H24N2O5. The van der Waals surface area contributed by atoms with Crippen molar-refractivity contribution in [2.24, 2.45) is 5.10 Å². The van der Waals surface area contributed by atoms with Gasteiger partial charge in [0, 0.05) is 0 Å². The van der Waals surface area contributed by atoms with Crippen LogP contribution < -0.4 is 14.9 Å². The number of hydrogen-bond acceptors (Lipinski definition) is 6. The molecule has 0 heterocycles. The first-order valence-corrected chi connectivity index (χ1v) is 8.89. The Morgan fingerprint density at radius 2 is 1.68 bits per heavy atom. The first kappa shape index (κ1) is 21.0. The number of benzene rings is 2. The van der Waals surface area contributed by atoms with Crippen LogP contribution in [0.15, 0.2) is 47.6 Å². The van der Waals surface area contributed by atoms with Crippen LogP contribution in [0.25, 0.3) is 0 Å². The van der Waals surface area contributed by atoms with Crippen molar-refractivity contribution < 1.29 is 23.8 Å². The monoisotopic (exact) mass is 384 g/mol. The maximum absolute atomic E-state index is 11.9. The number of carbonyl (C=O) groups is 2. The predicted molar refractivity (Wildman–Crippen MR) is 106 cm³/mol. The van der Waals surface area contributed by atoms with Crippen molar-refractivity contribution in [1.82, 2.24) is 5.43 Å². The van der Waals surface area contributed by atoms with E-state index < -0.39 is 5.97 Å². The Balaban J connectivity index is 1.77. The summed E-state index contributed by atoms with van der Waals surface area (Å²) < 4.78 is 15.7. The SMILES string of the molecule is CCOC(=O)COc1ccc(/C=N\NC(=O)COc2c(C)cccc2C)cc1. The zero-order chi connectivity index (χ0) is 20.4. The molecule has 2 rings (SSSR count). The summed E-state index contributed by atoms with van der Waals surface area (Å²) in [5, 5.41) is 3.91. The number of nitrogens with zero attached hydrogens (tertiary/aromatic N) is 1. The summed E-state index contributed by atoms with van der Waals surface area (Å²) in [6, 6.07) is 12.7. The van der Waals surface area contributed by atoms with Gasteiger partial charge in [0.1, 0.15) is 11.5 Å². The first-order chi connectivity index (χ1) is 13.5. The Bertz CT molecular complexity index is 811. The number of carbonyl (C=O) groups excluding carboxylic acids is 2. The minimum absolute atomic E-state index is 0.121. The van der Waals surface area contributed by atoms with Gasteiger partial charge in [-0.15, -0.1) is 0 Å². The standard InChI is InChI=1S/C21H24N2O5/c1-4-26-20(25)14-27-18-10-8-17(9-11-18)12-22-23-19(24)13-28-21-15(2)6-5-7-16(21)3/h5-12H,4,13-14H2,1-3H3,(H,23,24)/b22-12-. The molecule has 2 aromatic rings. The molecule has 0 aliphatic rings. The third kappa shape index (κ3) is 6.75. The molecule has 7 nitrogen and oxygen atoms in total. The zero-order valence-corrected chi connectivity index (χ0v) is 16.2. The van der Waals surface area contributed by atoms with E-state index in [-0.39, 0.29) is 19.1 Å². The van der Waals surface area contributed by atoms with Gasteiger partial charge in [-0.3, -0.25) is 4.79 Å². The number of para-hydroxylation sites is 1. The summed E-state index contributed by atoms with van der Waals surface area (Å²) in [6.07, 6.45) is 1.51. The number of ether oxygens (including phenoxy) is 3. The zero-order valence-electron chi connectivity index (χ0n) is 16.2. The van der Waals surface area contributed by atoms with Crippen molar-refractivity contribution in [3.63, 3.8) is 0 Å². The van der Waals surface area contributed by atoms with Gasteiger partial charge in [-0.1, -0.05) is 18.2 Å². The molecule has 0 aliphatic carbocycles. The highest BCUT2D eigenvalue weighted by molar-refractivity contribution is 5.83. The Labute approximate surface area is 164 Å². The number of hydrazone groups is 1. The first-order valence-electron chi connectivity index (χ1n) is 8.89. The molecule has 0 aromatic heterocycles. The lowest BCUT2D eigenvalue weighted by Gasteiger charge is -2.10. The average molecular weight is 384 g/mol. The Morgan fingerprint density at radius 1 is 1.00 bits per heavy atom. The van der Waals surface area contributed by atoms with Gasteiger partial charge >= 0.3 is 5.97 Å². The second kappa shape index (κ2) is 10.7. The molecule has 2 aromatic carbocycles. The fourth-order valence-electron chi connectivity index (χ4n) is 2.37. The quantitative estimate of drug-likeness (QED) is 0.408. The molecule has 7 heteroatoms. The highest BCUT2D eigenvalue weighted by atomic mass is 16.6. The fraction of sp³-hybridized carbons (Fsp3) is 0.286. The molecule has 0 unspecified atom stereocenters. The lowest BCUT2D eigenvalue weighted by Crippen LogP contribution is -2.25. The number of amides is 1. The molecule has 0 saturated carbocycles. The summed E-state index contributed by atoms with van der Waals surface area (Å²) >= 11 is 0. The molecular weight excluding hydrogens is 360 g/mol. The molecule has 0 bridgehead atoms. The second-order valence-electron chi connectivity index (χ2n) is 5.97. The number of nitrogens with one attached hydrogen (secondary N) is 1. The molecule has 1 amide bonds. The lowest BCUT2D eigenvalue weighted by atomic mass is 10.1. The fourth-order valence-corrected chi connectivity index (χ4v) is 2.37. The lowest BCUT2D eigenvalue weighted by molar-refractivity contribution is -0.145. The van der Waals surface area contributed by atoms with Crippen LogP contribution in [-0.4, -0.2) is 37.9 Å². The Kier molecular flexibility index (Phi) is 8.02. The maximum atomic E-state index is 11.9. The van der Waals surface area contributed by atoms with Crippen molar-refractivity contribution in [1.29, 1.82) is 0 Å². The van der Waals surface area contributed by atoms with Gasteiger partial charge in [-0.2, -0.15) is 5.10 Å². The summed E-state index contributed by atoms with van der Waals surface area (Å²) in [4.78, 5) is 23.1. The molecule has 0 spiro atoms. The van der Waals surface area contributed by atoms with E-state index >= 15 is 0 Å². The van der Waals surface area contributed by atoms with Gasteiger partial charge in [0.2, 0.25) is 0 Å². The average Bonchev–Trinajstić information content (AvgIpc) is 2.67. The molecule has 0 aliphatic heterocycles. The van der Waals surface area contributed by atoms with E-state index in [9.17, 15) is 9.59 Å². The smallest absolute Gasteiger partial charge is 0.344 e. The summed E-state index contributed by atoms with van der Waals surface area (Å²) in [5.74, 6) is 0.475. The second-order valence-corrected chi connectivity index (χ2v) is 5.97. The van der Waals surface area contributed by atoms with Crippen LogP contribution >= 0.6 is 0 Å². The molecule has 28 heavy (non-hydrogen) atoms. The Hall–Kier alpha value is -3.35. The van der Waals surface area contributed by atoms with Gasteiger partial charge in [-0.05, 0) is 61.7 Å². The molecule has 0 radical (unpaired) electrons. The normalized spacial score (nSPS) is 10.5. The van der Waals surface area contributed by atoms with E-state index in [0.717, 1.165) is 16.7 Å². The number of hydrogen-bond donors (Lipinski definition) is 1. The van der Waals surface area contributed by atoms with Gasteiger partial charge in [0.05, 0.1) is 12.8 Å². The van der Waals surface area contributed by atoms with Crippen LogP contribution in [0.5, 0.6) is 11.5 Å². The van der Waals surface area contributed by atoms with E-state index in [1.165, 1.54) is 6.21 Å². The van der Waals surface area contributed by atoms with Gasteiger partial charge < -0.3 is 14.2 Å². The topological polar surface area (TPSA) is 86.2 Å². The van der Waals surface area contributed by atoms with Crippen molar-refractivity contribution >= 4 is 18.1 Å². The number of esters is 1. The Morgan fingerprint density at radius 3 is 2.32 bits per heavy atom. The number of aryl methyl sites for hydroxylation is 2. The van der Waals surface area contributed by atoms with Crippen LogP contribution in [0.1, 0.15) is 23.6 Å². The summed E-state index contributed by atoms with van der Waals surface area (Å²) in [6.45, 7) is 5.65. The van der Waals surface area contributed by atoms with E-state index in [2.05, 4.69) is 10.5 Å². The van der Waals surface area contributed by atoms with Crippen LogP contribution in [0.4, 0.5) is 0 Å². The van der Waals surface area contributed by atoms with Crippen molar-refractivity contribution in [3.05, 3.63) is 59.2 Å². The summed E-state index contributed by atoms with van der Waals surface area (Å²) in [5.41, 5.74) is 5.13. The third-order valence-electron chi connectivity index (χ3n) is 3.70. The van der Waals surface area contributed by atoms with Crippen LogP contribution in [0, 0.1) is 13.8 Å². The number of rotatable bonds is 9. The predicted octanol–water partition coefficient (Wildman–Crippen LogP) is 2.77. The molecule has 1 N–H and O–H groups in total.